The molecule has 62 valence electrons. The Balaban J connectivity index is 0.000001000. The molecule has 0 unspecified atom stereocenters. The van der Waals surface area contributed by atoms with E-state index in [0.29, 0.717) is 11.6 Å². The van der Waals surface area contributed by atoms with Crippen molar-refractivity contribution >= 4 is 29.7 Å². The van der Waals surface area contributed by atoms with Crippen LogP contribution in [0, 0.1) is 0 Å². The molecular weight excluding hydrogens is 186 g/mol. The minimum atomic E-state index is -0.241. The van der Waals surface area contributed by atoms with Crippen molar-refractivity contribution in [2.24, 2.45) is 0 Å². The van der Waals surface area contributed by atoms with Gasteiger partial charge in [-0.1, -0.05) is 18.3 Å². The zero-order chi connectivity index (χ0) is 7.40. The first-order valence-electron chi connectivity index (χ1n) is 2.93. The number of rotatable bonds is 2. The Morgan fingerprint density at radius 1 is 1.82 bits per heavy atom. The third-order valence-electron chi connectivity index (χ3n) is 0.899. The number of thiazole rings is 1. The average Bonchev–Trinajstić information content (AvgIpc) is 2.40. The predicted octanol–water partition coefficient (Wildman–Crippen LogP) is 1.88. The van der Waals surface area contributed by atoms with Gasteiger partial charge in [0, 0.05) is 18.0 Å². The summed E-state index contributed by atoms with van der Waals surface area (Å²) in [5.74, 6) is -0.241. The molecule has 0 atom stereocenters. The average molecular weight is 194 g/mol. The van der Waals surface area contributed by atoms with E-state index in [2.05, 4.69) is 4.98 Å². The summed E-state index contributed by atoms with van der Waals surface area (Å²) in [5, 5.41) is 2.19. The van der Waals surface area contributed by atoms with Gasteiger partial charge in [0.25, 0.3) is 5.19 Å². The molecule has 0 N–H and O–H groups in total. The van der Waals surface area contributed by atoms with Gasteiger partial charge in [-0.2, -0.15) is 0 Å². The summed E-state index contributed by atoms with van der Waals surface area (Å²) in [6.07, 6.45) is 1.99. The van der Waals surface area contributed by atoms with Crippen LogP contribution in [0.1, 0.15) is 13.3 Å². The van der Waals surface area contributed by atoms with Crippen LogP contribution in [0.25, 0.3) is 0 Å². The molecule has 0 aliphatic heterocycles. The standard InChI is InChI=1S/C6H7NO2S.ClH/c1-2-5(8)9-6-7-3-4-10-6;/h3-4H,2H2,1H3;1H. The lowest BCUT2D eigenvalue weighted by Crippen LogP contribution is -2.04. The van der Waals surface area contributed by atoms with Crippen molar-refractivity contribution in [3.8, 4) is 5.19 Å². The minimum absolute atomic E-state index is 0. The molecule has 0 aliphatic carbocycles. The van der Waals surface area contributed by atoms with E-state index in [1.807, 2.05) is 0 Å². The SMILES string of the molecule is CCC(=O)Oc1nccs1.Cl. The zero-order valence-corrected chi connectivity index (χ0v) is 7.58. The molecule has 0 spiro atoms. The number of nitrogens with zero attached hydrogens (tertiary/aromatic N) is 1. The largest absolute Gasteiger partial charge is 0.398 e. The Kier molecular flexibility index (Phi) is 4.81. The van der Waals surface area contributed by atoms with Crippen LogP contribution in [0.4, 0.5) is 0 Å². The number of hydrogen-bond donors (Lipinski definition) is 0. The molecule has 1 aromatic heterocycles. The normalized spacial score (nSPS) is 8.45. The second-order valence-electron chi connectivity index (χ2n) is 1.63. The molecule has 1 rings (SSSR count). The molecule has 0 aliphatic rings. The van der Waals surface area contributed by atoms with Gasteiger partial charge >= 0.3 is 5.97 Å². The molecule has 0 amide bonds. The fraction of sp³-hybridized carbons (Fsp3) is 0.333. The van der Waals surface area contributed by atoms with E-state index in [4.69, 9.17) is 4.74 Å². The summed E-state index contributed by atoms with van der Waals surface area (Å²) in [4.78, 5) is 14.4. The lowest BCUT2D eigenvalue weighted by molar-refractivity contribution is -0.134. The van der Waals surface area contributed by atoms with Gasteiger partial charge in [0.1, 0.15) is 0 Å². The molecule has 1 heterocycles. The zero-order valence-electron chi connectivity index (χ0n) is 5.94. The van der Waals surface area contributed by atoms with Gasteiger partial charge in [-0.25, -0.2) is 4.98 Å². The van der Waals surface area contributed by atoms with Crippen molar-refractivity contribution in [3.63, 3.8) is 0 Å². The number of halogens is 1. The number of esters is 1. The smallest absolute Gasteiger partial charge is 0.312 e. The summed E-state index contributed by atoms with van der Waals surface area (Å²) in [6.45, 7) is 1.75. The van der Waals surface area contributed by atoms with E-state index < -0.39 is 0 Å². The molecule has 0 bridgehead atoms. The van der Waals surface area contributed by atoms with Crippen LogP contribution >= 0.6 is 23.7 Å². The van der Waals surface area contributed by atoms with Crippen LogP contribution in [-0.4, -0.2) is 11.0 Å². The van der Waals surface area contributed by atoms with E-state index >= 15 is 0 Å². The van der Waals surface area contributed by atoms with Gasteiger partial charge < -0.3 is 4.74 Å². The Bertz CT molecular complexity index is 212. The maximum absolute atomic E-state index is 10.6. The van der Waals surface area contributed by atoms with Crippen LogP contribution in [-0.2, 0) is 4.79 Å². The van der Waals surface area contributed by atoms with E-state index in [-0.39, 0.29) is 18.4 Å². The number of carbonyl (C=O) groups excluding carboxylic acids is 1. The Labute approximate surface area is 74.8 Å². The Hall–Kier alpha value is -0.610. The number of hydrogen-bond acceptors (Lipinski definition) is 4. The summed E-state index contributed by atoms with van der Waals surface area (Å²) in [6, 6.07) is 0. The lowest BCUT2D eigenvalue weighted by Gasteiger charge is -1.93. The van der Waals surface area contributed by atoms with Gasteiger partial charge in [0.15, 0.2) is 0 Å². The van der Waals surface area contributed by atoms with E-state index in [1.165, 1.54) is 11.3 Å². The molecule has 0 radical (unpaired) electrons. The highest BCUT2D eigenvalue weighted by atomic mass is 35.5. The third-order valence-corrected chi connectivity index (χ3v) is 1.55. The summed E-state index contributed by atoms with van der Waals surface area (Å²) in [7, 11) is 0. The van der Waals surface area contributed by atoms with Crippen LogP contribution in [0.2, 0.25) is 0 Å². The molecular formula is C6H8ClNO2S. The van der Waals surface area contributed by atoms with Crippen molar-refractivity contribution in [2.45, 2.75) is 13.3 Å². The topological polar surface area (TPSA) is 39.2 Å². The molecule has 0 saturated carbocycles. The van der Waals surface area contributed by atoms with E-state index in [0.717, 1.165) is 0 Å². The molecule has 0 saturated heterocycles. The molecule has 11 heavy (non-hydrogen) atoms. The fourth-order valence-electron chi connectivity index (χ4n) is 0.430. The van der Waals surface area contributed by atoms with Crippen molar-refractivity contribution in [1.82, 2.24) is 4.98 Å². The summed E-state index contributed by atoms with van der Waals surface area (Å²) >= 11 is 1.31. The Morgan fingerprint density at radius 3 is 3.00 bits per heavy atom. The predicted molar refractivity (Wildman–Crippen MR) is 45.3 cm³/mol. The van der Waals surface area contributed by atoms with Crippen molar-refractivity contribution in [1.29, 1.82) is 0 Å². The monoisotopic (exact) mass is 193 g/mol. The molecule has 1 aromatic rings. The van der Waals surface area contributed by atoms with Crippen LogP contribution < -0.4 is 4.74 Å². The van der Waals surface area contributed by atoms with Crippen molar-refractivity contribution < 1.29 is 9.53 Å². The number of ether oxygens (including phenoxy) is 1. The van der Waals surface area contributed by atoms with E-state index in [1.54, 1.807) is 18.5 Å². The van der Waals surface area contributed by atoms with Gasteiger partial charge in [0.05, 0.1) is 0 Å². The maximum atomic E-state index is 10.6. The number of aromatic nitrogens is 1. The van der Waals surface area contributed by atoms with Crippen LogP contribution in [0.5, 0.6) is 5.19 Å². The summed E-state index contributed by atoms with van der Waals surface area (Å²) in [5.41, 5.74) is 0. The maximum Gasteiger partial charge on any atom is 0.312 e. The van der Waals surface area contributed by atoms with Crippen LogP contribution in [0.3, 0.4) is 0 Å². The fourth-order valence-corrected chi connectivity index (χ4v) is 0.931. The molecule has 3 nitrogen and oxygen atoms in total. The first kappa shape index (κ1) is 10.4. The lowest BCUT2D eigenvalue weighted by atomic mass is 10.5. The first-order valence-corrected chi connectivity index (χ1v) is 3.81. The Morgan fingerprint density at radius 2 is 2.55 bits per heavy atom. The summed E-state index contributed by atoms with van der Waals surface area (Å²) < 4.78 is 4.77. The molecule has 0 aromatic carbocycles. The van der Waals surface area contributed by atoms with Gasteiger partial charge in [-0.05, 0) is 0 Å². The van der Waals surface area contributed by atoms with Gasteiger partial charge in [0.2, 0.25) is 0 Å². The van der Waals surface area contributed by atoms with Gasteiger partial charge in [-0.15, -0.1) is 12.4 Å². The third kappa shape index (κ3) is 3.34. The molecule has 0 fully saturated rings. The highest BCUT2D eigenvalue weighted by Gasteiger charge is 2.01. The van der Waals surface area contributed by atoms with Crippen LogP contribution in [0.15, 0.2) is 11.6 Å². The molecule has 5 heteroatoms. The quantitative estimate of drug-likeness (QED) is 0.674. The van der Waals surface area contributed by atoms with Crippen molar-refractivity contribution in [2.75, 3.05) is 0 Å². The first-order chi connectivity index (χ1) is 4.83. The van der Waals surface area contributed by atoms with Crippen molar-refractivity contribution in [3.05, 3.63) is 11.6 Å². The second-order valence-corrected chi connectivity index (χ2v) is 2.48. The highest BCUT2D eigenvalue weighted by molar-refractivity contribution is 7.11. The van der Waals surface area contributed by atoms with Gasteiger partial charge in [-0.3, -0.25) is 4.79 Å². The number of carbonyl (C=O) groups is 1. The van der Waals surface area contributed by atoms with E-state index in [9.17, 15) is 4.79 Å². The minimum Gasteiger partial charge on any atom is -0.398 e. The second kappa shape index (κ2) is 5.09. The highest BCUT2D eigenvalue weighted by Crippen LogP contribution is 2.13.